The summed E-state index contributed by atoms with van der Waals surface area (Å²) in [6.45, 7) is 0.899. The highest BCUT2D eigenvalue weighted by molar-refractivity contribution is 5.89. The predicted octanol–water partition coefficient (Wildman–Crippen LogP) is 4.45. The third kappa shape index (κ3) is 5.11. The number of amides is 1. The Labute approximate surface area is 179 Å². The lowest BCUT2D eigenvalue weighted by molar-refractivity contribution is -0.308. The molecule has 2 aliphatic rings. The molecule has 1 spiro atoms. The van der Waals surface area contributed by atoms with E-state index in [1.165, 1.54) is 6.07 Å². The molecule has 0 aromatic heterocycles. The largest absolute Gasteiger partial charge is 0.478 e. The summed E-state index contributed by atoms with van der Waals surface area (Å²) in [5, 5.41) is 9.39. The Morgan fingerprint density at radius 2 is 1.59 bits per heavy atom. The second-order valence-corrected chi connectivity index (χ2v) is 8.05. The van der Waals surface area contributed by atoms with Crippen LogP contribution in [-0.2, 0) is 11.3 Å². The number of rotatable bonds is 4. The van der Waals surface area contributed by atoms with Crippen LogP contribution in [0.4, 0.5) is 31.1 Å². The summed E-state index contributed by atoms with van der Waals surface area (Å²) in [5.74, 6) is -1.06. The zero-order valence-electron chi connectivity index (χ0n) is 16.9. The first kappa shape index (κ1) is 24.1. The minimum absolute atomic E-state index is 0.0572. The van der Waals surface area contributed by atoms with Crippen molar-refractivity contribution < 1.29 is 45.8 Å². The van der Waals surface area contributed by atoms with Crippen molar-refractivity contribution in [3.63, 3.8) is 0 Å². The van der Waals surface area contributed by atoms with E-state index in [2.05, 4.69) is 9.64 Å². The van der Waals surface area contributed by atoms with Crippen LogP contribution in [0.25, 0.3) is 0 Å². The van der Waals surface area contributed by atoms with E-state index < -0.39 is 36.1 Å². The minimum atomic E-state index is -5.76. The average Bonchev–Trinajstić information content (AvgIpc) is 3.06. The Morgan fingerprint density at radius 3 is 2.16 bits per heavy atom. The molecule has 12 heteroatoms. The first-order chi connectivity index (χ1) is 14.8. The number of ether oxygens (including phenoxy) is 1. The van der Waals surface area contributed by atoms with Gasteiger partial charge in [0.25, 0.3) is 6.10 Å². The molecule has 2 saturated heterocycles. The van der Waals surface area contributed by atoms with Crippen LogP contribution in [0.5, 0.6) is 0 Å². The number of carbonyl (C=O) groups excluding carboxylic acids is 1. The van der Waals surface area contributed by atoms with E-state index in [1.54, 1.807) is 18.2 Å². The van der Waals surface area contributed by atoms with Crippen LogP contribution in [0.2, 0.25) is 0 Å². The number of carboxylic acids is 1. The molecule has 3 rings (SSSR count). The molecule has 1 N–H and O–H groups in total. The van der Waals surface area contributed by atoms with E-state index in [9.17, 15) is 41.0 Å². The van der Waals surface area contributed by atoms with Gasteiger partial charge in [-0.3, -0.25) is 4.90 Å². The number of likely N-dealkylation sites (tertiary alicyclic amines) is 2. The zero-order valence-corrected chi connectivity index (χ0v) is 16.9. The molecule has 1 aromatic rings. The SMILES string of the molecule is O=C(O)c1ccccc1CN1CCCC12CCN(C(=O)OC(C(F)(F)F)C(F)(F)F)CC2. The molecule has 178 valence electrons. The Hall–Kier alpha value is -2.50. The number of benzene rings is 1. The standard InChI is InChI=1S/C20H22F6N2O4/c21-19(22,23)16(20(24,25)26)32-17(31)27-10-7-18(8-11-27)6-3-9-28(18)12-13-4-1-2-5-14(13)15(29)30/h1-2,4-5,16H,3,6-12H2,(H,29,30). The molecule has 6 nitrogen and oxygen atoms in total. The van der Waals surface area contributed by atoms with Gasteiger partial charge in [0.05, 0.1) is 5.56 Å². The summed E-state index contributed by atoms with van der Waals surface area (Å²) in [7, 11) is 0. The van der Waals surface area contributed by atoms with Crippen LogP contribution in [0.1, 0.15) is 41.6 Å². The highest BCUT2D eigenvalue weighted by Gasteiger charge is 2.60. The fraction of sp³-hybridized carbons (Fsp3) is 0.600. The van der Waals surface area contributed by atoms with E-state index >= 15 is 0 Å². The fourth-order valence-electron chi connectivity index (χ4n) is 4.48. The van der Waals surface area contributed by atoms with Gasteiger partial charge in [0, 0.05) is 25.2 Å². The molecule has 0 saturated carbocycles. The molecule has 32 heavy (non-hydrogen) atoms. The molecule has 0 atom stereocenters. The third-order valence-corrected chi connectivity index (χ3v) is 6.12. The molecular weight excluding hydrogens is 446 g/mol. The maximum atomic E-state index is 12.7. The van der Waals surface area contributed by atoms with Crippen LogP contribution in [0.15, 0.2) is 24.3 Å². The second-order valence-electron chi connectivity index (χ2n) is 8.05. The number of nitrogens with zero attached hydrogens (tertiary/aromatic N) is 2. The summed E-state index contributed by atoms with van der Waals surface area (Å²) in [6.07, 6.45) is -15.1. The monoisotopic (exact) mass is 468 g/mol. The highest BCUT2D eigenvalue weighted by Crippen LogP contribution is 2.41. The number of alkyl halides is 6. The normalized spacial score (nSPS) is 19.5. The lowest BCUT2D eigenvalue weighted by Gasteiger charge is -2.45. The van der Waals surface area contributed by atoms with Gasteiger partial charge >= 0.3 is 24.4 Å². The van der Waals surface area contributed by atoms with Crippen LogP contribution in [0.3, 0.4) is 0 Å². The molecule has 1 amide bonds. The van der Waals surface area contributed by atoms with Crippen LogP contribution in [0, 0.1) is 0 Å². The van der Waals surface area contributed by atoms with Gasteiger partial charge in [0.15, 0.2) is 0 Å². The van der Waals surface area contributed by atoms with Crippen molar-refractivity contribution in [2.24, 2.45) is 0 Å². The number of hydrogen-bond donors (Lipinski definition) is 1. The average molecular weight is 468 g/mol. The molecule has 0 radical (unpaired) electrons. The van der Waals surface area contributed by atoms with E-state index in [1.807, 2.05) is 0 Å². The number of carbonyl (C=O) groups is 2. The molecule has 2 heterocycles. The van der Waals surface area contributed by atoms with Gasteiger partial charge in [-0.05, 0) is 43.9 Å². The lowest BCUT2D eigenvalue weighted by atomic mass is 9.84. The zero-order chi connectivity index (χ0) is 23.7. The second kappa shape index (κ2) is 8.80. The summed E-state index contributed by atoms with van der Waals surface area (Å²) >= 11 is 0. The number of piperidine rings is 1. The molecule has 2 fully saturated rings. The number of aromatic carboxylic acids is 1. The Balaban J connectivity index is 1.66. The maximum Gasteiger partial charge on any atom is 0.434 e. The molecule has 0 aliphatic carbocycles. The summed E-state index contributed by atoms with van der Waals surface area (Å²) in [6, 6.07) is 6.54. The topological polar surface area (TPSA) is 70.1 Å². The molecule has 2 aliphatic heterocycles. The smallest absolute Gasteiger partial charge is 0.434 e. The fourth-order valence-corrected chi connectivity index (χ4v) is 4.48. The van der Waals surface area contributed by atoms with E-state index in [-0.39, 0.29) is 18.7 Å². The van der Waals surface area contributed by atoms with Gasteiger partial charge in [-0.15, -0.1) is 0 Å². The van der Waals surface area contributed by atoms with Crippen LogP contribution in [-0.4, -0.2) is 70.6 Å². The predicted molar refractivity (Wildman–Crippen MR) is 99.0 cm³/mol. The first-order valence-corrected chi connectivity index (χ1v) is 9.99. The van der Waals surface area contributed by atoms with Gasteiger partial charge < -0.3 is 14.7 Å². The van der Waals surface area contributed by atoms with Crippen molar-refractivity contribution in [1.82, 2.24) is 9.80 Å². The van der Waals surface area contributed by atoms with Gasteiger partial charge in [0.2, 0.25) is 0 Å². The Kier molecular flexibility index (Phi) is 6.64. The summed E-state index contributed by atoms with van der Waals surface area (Å²) in [4.78, 5) is 26.4. The summed E-state index contributed by atoms with van der Waals surface area (Å²) in [5.41, 5.74) is 0.373. The van der Waals surface area contributed by atoms with E-state index in [0.29, 0.717) is 31.5 Å². The first-order valence-electron chi connectivity index (χ1n) is 9.99. The lowest BCUT2D eigenvalue weighted by Crippen LogP contribution is -2.54. The van der Waals surface area contributed by atoms with Crippen molar-refractivity contribution in [2.75, 3.05) is 19.6 Å². The van der Waals surface area contributed by atoms with Crippen molar-refractivity contribution in [3.05, 3.63) is 35.4 Å². The third-order valence-electron chi connectivity index (χ3n) is 6.12. The van der Waals surface area contributed by atoms with E-state index in [4.69, 9.17) is 0 Å². The summed E-state index contributed by atoms with van der Waals surface area (Å²) < 4.78 is 79.8. The van der Waals surface area contributed by atoms with Crippen molar-refractivity contribution in [3.8, 4) is 0 Å². The molecule has 0 bridgehead atoms. The van der Waals surface area contributed by atoms with Gasteiger partial charge in [-0.1, -0.05) is 18.2 Å². The molecule has 1 aromatic carbocycles. The van der Waals surface area contributed by atoms with Gasteiger partial charge in [0.1, 0.15) is 0 Å². The van der Waals surface area contributed by atoms with Gasteiger partial charge in [-0.2, -0.15) is 26.3 Å². The molecule has 0 unspecified atom stereocenters. The van der Waals surface area contributed by atoms with Crippen LogP contribution < -0.4 is 0 Å². The van der Waals surface area contributed by atoms with Crippen LogP contribution >= 0.6 is 0 Å². The number of halogens is 6. The van der Waals surface area contributed by atoms with Crippen molar-refractivity contribution >= 4 is 12.1 Å². The highest BCUT2D eigenvalue weighted by atomic mass is 19.4. The van der Waals surface area contributed by atoms with Gasteiger partial charge in [-0.25, -0.2) is 9.59 Å². The molecular formula is C20H22F6N2O4. The maximum absolute atomic E-state index is 12.7. The van der Waals surface area contributed by atoms with Crippen molar-refractivity contribution in [2.45, 2.75) is 56.2 Å². The Bertz CT molecular complexity index is 835. The quantitative estimate of drug-likeness (QED) is 0.662. The van der Waals surface area contributed by atoms with Crippen molar-refractivity contribution in [1.29, 1.82) is 0 Å². The Morgan fingerprint density at radius 1 is 1.00 bits per heavy atom. The minimum Gasteiger partial charge on any atom is -0.478 e. The number of carboxylic acid groups (broad SMARTS) is 1. The van der Waals surface area contributed by atoms with E-state index in [0.717, 1.165) is 17.7 Å². The number of hydrogen-bond acceptors (Lipinski definition) is 4.